The number of urea groups is 1. The molecule has 1 rings (SSSR count). The maximum absolute atomic E-state index is 12.1. The van der Waals surface area contributed by atoms with Crippen LogP contribution in [0.2, 0.25) is 0 Å². The van der Waals surface area contributed by atoms with Crippen molar-refractivity contribution in [2.45, 2.75) is 25.5 Å². The van der Waals surface area contributed by atoms with Crippen molar-refractivity contribution < 1.29 is 14.7 Å². The number of carboxylic acid groups (broad SMARTS) is 1. The molecule has 1 aliphatic heterocycles. The number of hydrogen-bond donors (Lipinski definition) is 1. The first-order valence-corrected chi connectivity index (χ1v) is 6.96. The van der Waals surface area contributed by atoms with Gasteiger partial charge in [-0.1, -0.05) is 6.92 Å². The molecule has 1 aliphatic rings. The highest BCUT2D eigenvalue weighted by Gasteiger charge is 2.24. The Morgan fingerprint density at radius 2 is 2.24 bits per heavy atom. The summed E-state index contributed by atoms with van der Waals surface area (Å²) in [5.74, 6) is 0.0995. The zero-order valence-electron chi connectivity index (χ0n) is 10.4. The summed E-state index contributed by atoms with van der Waals surface area (Å²) in [5, 5.41) is 9.10. The van der Waals surface area contributed by atoms with Crippen molar-refractivity contribution in [3.05, 3.63) is 0 Å². The SMILES string of the molecule is CCN(CCC(=O)O)C(=O)N1CCSC(C)C1. The van der Waals surface area contributed by atoms with Crippen LogP contribution in [-0.4, -0.2) is 64.1 Å². The smallest absolute Gasteiger partial charge is 0.320 e. The number of nitrogens with zero attached hydrogens (tertiary/aromatic N) is 2. The molecule has 0 aromatic rings. The minimum absolute atomic E-state index is 0.0116. The van der Waals surface area contributed by atoms with Crippen LogP contribution in [0.15, 0.2) is 0 Å². The van der Waals surface area contributed by atoms with Gasteiger partial charge < -0.3 is 14.9 Å². The Morgan fingerprint density at radius 3 is 2.76 bits per heavy atom. The molecule has 1 unspecified atom stereocenters. The van der Waals surface area contributed by atoms with Crippen LogP contribution in [0.4, 0.5) is 4.79 Å². The summed E-state index contributed by atoms with van der Waals surface area (Å²) in [6, 6.07) is -0.0269. The molecule has 0 bridgehead atoms. The molecule has 5 nitrogen and oxygen atoms in total. The molecule has 0 aromatic heterocycles. The van der Waals surface area contributed by atoms with Crippen molar-refractivity contribution in [2.75, 3.05) is 31.9 Å². The molecule has 1 N–H and O–H groups in total. The van der Waals surface area contributed by atoms with Gasteiger partial charge in [0, 0.05) is 37.2 Å². The van der Waals surface area contributed by atoms with Crippen LogP contribution in [0, 0.1) is 0 Å². The lowest BCUT2D eigenvalue weighted by Gasteiger charge is -2.34. The summed E-state index contributed by atoms with van der Waals surface area (Å²) >= 11 is 1.87. The topological polar surface area (TPSA) is 60.9 Å². The molecule has 0 saturated carbocycles. The fourth-order valence-electron chi connectivity index (χ4n) is 1.81. The lowest BCUT2D eigenvalue weighted by molar-refractivity contribution is -0.137. The Morgan fingerprint density at radius 1 is 1.53 bits per heavy atom. The number of rotatable bonds is 4. The number of thioether (sulfide) groups is 1. The van der Waals surface area contributed by atoms with Gasteiger partial charge in [0.1, 0.15) is 0 Å². The molecule has 0 radical (unpaired) electrons. The summed E-state index contributed by atoms with van der Waals surface area (Å²) in [4.78, 5) is 26.1. The molecule has 1 atom stereocenters. The van der Waals surface area contributed by atoms with Crippen LogP contribution >= 0.6 is 11.8 Å². The maximum Gasteiger partial charge on any atom is 0.320 e. The summed E-state index contributed by atoms with van der Waals surface area (Å²) in [6.45, 7) is 6.36. The molecule has 0 aromatic carbocycles. The van der Waals surface area contributed by atoms with Crippen molar-refractivity contribution in [3.63, 3.8) is 0 Å². The predicted molar refractivity (Wildman–Crippen MR) is 68.4 cm³/mol. The third-order valence-electron chi connectivity index (χ3n) is 2.76. The summed E-state index contributed by atoms with van der Waals surface area (Å²) in [5.41, 5.74) is 0. The summed E-state index contributed by atoms with van der Waals surface area (Å²) in [6.07, 6.45) is 0.0116. The minimum Gasteiger partial charge on any atom is -0.481 e. The molecule has 98 valence electrons. The van der Waals surface area contributed by atoms with Crippen molar-refractivity contribution in [1.82, 2.24) is 9.80 Å². The second-order valence-electron chi connectivity index (χ2n) is 4.13. The second-order valence-corrected chi connectivity index (χ2v) is 5.68. The van der Waals surface area contributed by atoms with Crippen LogP contribution in [0.3, 0.4) is 0 Å². The predicted octanol–water partition coefficient (Wildman–Crippen LogP) is 1.34. The Balaban J connectivity index is 2.49. The van der Waals surface area contributed by atoms with Crippen molar-refractivity contribution in [3.8, 4) is 0 Å². The van der Waals surface area contributed by atoms with Gasteiger partial charge in [0.2, 0.25) is 0 Å². The number of amides is 2. The molecule has 0 spiro atoms. The minimum atomic E-state index is -0.862. The van der Waals surface area contributed by atoms with Crippen LogP contribution < -0.4 is 0 Å². The van der Waals surface area contributed by atoms with Crippen molar-refractivity contribution in [2.24, 2.45) is 0 Å². The van der Waals surface area contributed by atoms with Crippen LogP contribution in [0.5, 0.6) is 0 Å². The van der Waals surface area contributed by atoms with Gasteiger partial charge in [-0.05, 0) is 6.92 Å². The Bertz CT molecular complexity index is 286. The lowest BCUT2D eigenvalue weighted by Crippen LogP contribution is -2.48. The van der Waals surface area contributed by atoms with Crippen LogP contribution in [-0.2, 0) is 4.79 Å². The highest BCUT2D eigenvalue weighted by atomic mass is 32.2. The van der Waals surface area contributed by atoms with E-state index < -0.39 is 5.97 Å². The highest BCUT2D eigenvalue weighted by Crippen LogP contribution is 2.18. The van der Waals surface area contributed by atoms with E-state index >= 15 is 0 Å². The van der Waals surface area contributed by atoms with Gasteiger partial charge >= 0.3 is 12.0 Å². The molecule has 17 heavy (non-hydrogen) atoms. The lowest BCUT2D eigenvalue weighted by atomic mass is 10.3. The highest BCUT2D eigenvalue weighted by molar-refractivity contribution is 7.99. The normalized spacial score (nSPS) is 20.1. The van der Waals surface area contributed by atoms with E-state index in [0.717, 1.165) is 18.8 Å². The van der Waals surface area contributed by atoms with E-state index in [1.165, 1.54) is 0 Å². The number of hydrogen-bond acceptors (Lipinski definition) is 3. The number of carbonyl (C=O) groups excluding carboxylic acids is 1. The van der Waals surface area contributed by atoms with E-state index in [0.29, 0.717) is 18.3 Å². The van der Waals surface area contributed by atoms with Gasteiger partial charge in [-0.3, -0.25) is 4.79 Å². The zero-order chi connectivity index (χ0) is 12.8. The number of carboxylic acids is 1. The molecule has 6 heteroatoms. The van der Waals surface area contributed by atoms with Crippen molar-refractivity contribution in [1.29, 1.82) is 0 Å². The third-order valence-corrected chi connectivity index (χ3v) is 3.90. The molecular formula is C11H20N2O3S. The van der Waals surface area contributed by atoms with E-state index in [9.17, 15) is 9.59 Å². The van der Waals surface area contributed by atoms with E-state index in [2.05, 4.69) is 6.92 Å². The van der Waals surface area contributed by atoms with Gasteiger partial charge in [0.05, 0.1) is 6.42 Å². The van der Waals surface area contributed by atoms with Gasteiger partial charge in [0.15, 0.2) is 0 Å². The Hall–Kier alpha value is -0.910. The molecule has 1 saturated heterocycles. The monoisotopic (exact) mass is 260 g/mol. The molecule has 2 amide bonds. The largest absolute Gasteiger partial charge is 0.481 e. The Labute approximate surface area is 106 Å². The average Bonchev–Trinajstić information content (AvgIpc) is 2.29. The third kappa shape index (κ3) is 4.46. The maximum atomic E-state index is 12.1. The van der Waals surface area contributed by atoms with Gasteiger partial charge in [-0.15, -0.1) is 0 Å². The molecule has 1 heterocycles. The standard InChI is InChI=1S/C11H20N2O3S/c1-3-12(5-4-10(14)15)11(16)13-6-7-17-9(2)8-13/h9H,3-8H2,1-2H3,(H,14,15). The molecule has 0 aliphatic carbocycles. The fourth-order valence-corrected chi connectivity index (χ4v) is 2.83. The van der Waals surface area contributed by atoms with Gasteiger partial charge in [-0.2, -0.15) is 11.8 Å². The van der Waals surface area contributed by atoms with E-state index in [1.807, 2.05) is 23.6 Å². The zero-order valence-corrected chi connectivity index (χ0v) is 11.2. The summed E-state index contributed by atoms with van der Waals surface area (Å²) in [7, 11) is 0. The van der Waals surface area contributed by atoms with Gasteiger partial charge in [0.25, 0.3) is 0 Å². The number of carbonyl (C=O) groups is 2. The first-order chi connectivity index (χ1) is 8.04. The second kappa shape index (κ2) is 6.74. The van der Waals surface area contributed by atoms with Crippen molar-refractivity contribution >= 4 is 23.8 Å². The fraction of sp³-hybridized carbons (Fsp3) is 0.818. The molecular weight excluding hydrogens is 240 g/mol. The van der Waals surface area contributed by atoms with Crippen LogP contribution in [0.1, 0.15) is 20.3 Å². The quantitative estimate of drug-likeness (QED) is 0.828. The summed E-state index contributed by atoms with van der Waals surface area (Å²) < 4.78 is 0. The number of aliphatic carboxylic acids is 1. The average molecular weight is 260 g/mol. The first kappa shape index (κ1) is 14.2. The Kier molecular flexibility index (Phi) is 5.61. The first-order valence-electron chi connectivity index (χ1n) is 5.91. The van der Waals surface area contributed by atoms with E-state index in [1.54, 1.807) is 4.90 Å². The van der Waals surface area contributed by atoms with Crippen LogP contribution in [0.25, 0.3) is 0 Å². The van der Waals surface area contributed by atoms with Gasteiger partial charge in [-0.25, -0.2) is 4.79 Å². The van der Waals surface area contributed by atoms with E-state index in [4.69, 9.17) is 5.11 Å². The molecule has 1 fully saturated rings. The van der Waals surface area contributed by atoms with E-state index in [-0.39, 0.29) is 12.5 Å².